The molecule has 0 aromatic carbocycles. The monoisotopic (exact) mass is 171 g/mol. The molecule has 3 heteroatoms. The molecule has 1 fully saturated rings. The van der Waals surface area contributed by atoms with Gasteiger partial charge in [0.1, 0.15) is 6.61 Å². The summed E-state index contributed by atoms with van der Waals surface area (Å²) in [4.78, 5) is 12.9. The van der Waals surface area contributed by atoms with E-state index in [0.29, 0.717) is 6.61 Å². The normalized spacial score (nSPS) is 23.0. The molecule has 12 heavy (non-hydrogen) atoms. The van der Waals surface area contributed by atoms with Crippen molar-refractivity contribution in [2.45, 2.75) is 39.2 Å². The van der Waals surface area contributed by atoms with E-state index in [4.69, 9.17) is 4.74 Å². The Morgan fingerprint density at radius 1 is 1.58 bits per heavy atom. The fourth-order valence-electron chi connectivity index (χ4n) is 1.39. The van der Waals surface area contributed by atoms with E-state index in [1.807, 2.05) is 11.8 Å². The molecule has 1 rings (SSSR count). The maximum absolute atomic E-state index is 11.1. The summed E-state index contributed by atoms with van der Waals surface area (Å²) in [7, 11) is 0. The fourth-order valence-corrected chi connectivity index (χ4v) is 1.39. The largest absolute Gasteiger partial charge is 0.447 e. The van der Waals surface area contributed by atoms with Gasteiger partial charge in [-0.3, -0.25) is 0 Å². The van der Waals surface area contributed by atoms with Crippen LogP contribution in [0.15, 0.2) is 0 Å². The van der Waals surface area contributed by atoms with Crippen molar-refractivity contribution in [2.24, 2.45) is 0 Å². The number of carbonyl (C=O) groups excluding carboxylic acids is 1. The van der Waals surface area contributed by atoms with Gasteiger partial charge in [0.2, 0.25) is 0 Å². The summed E-state index contributed by atoms with van der Waals surface area (Å²) in [5.74, 6) is 0. The first-order valence-corrected chi connectivity index (χ1v) is 4.69. The van der Waals surface area contributed by atoms with Crippen LogP contribution >= 0.6 is 0 Å². The van der Waals surface area contributed by atoms with Gasteiger partial charge in [-0.2, -0.15) is 0 Å². The summed E-state index contributed by atoms with van der Waals surface area (Å²) >= 11 is 0. The van der Waals surface area contributed by atoms with Gasteiger partial charge in [-0.05, 0) is 13.3 Å². The number of amides is 1. The Bertz CT molecular complexity index is 159. The minimum absolute atomic E-state index is 0.140. The lowest BCUT2D eigenvalue weighted by Gasteiger charge is -2.17. The first-order chi connectivity index (χ1) is 5.75. The summed E-state index contributed by atoms with van der Waals surface area (Å²) in [5.41, 5.74) is 0. The van der Waals surface area contributed by atoms with Crippen LogP contribution < -0.4 is 0 Å². The highest BCUT2D eigenvalue weighted by molar-refractivity contribution is 5.69. The molecule has 1 heterocycles. The second-order valence-corrected chi connectivity index (χ2v) is 3.33. The third-order valence-corrected chi connectivity index (χ3v) is 2.22. The van der Waals surface area contributed by atoms with Crippen molar-refractivity contribution in [3.8, 4) is 0 Å². The number of nitrogens with zero attached hydrogens (tertiary/aromatic N) is 1. The molecule has 1 atom stereocenters. The van der Waals surface area contributed by atoms with Crippen molar-refractivity contribution < 1.29 is 9.53 Å². The Hall–Kier alpha value is -0.730. The van der Waals surface area contributed by atoms with Crippen molar-refractivity contribution in [1.29, 1.82) is 0 Å². The van der Waals surface area contributed by atoms with Crippen LogP contribution in [-0.4, -0.2) is 30.2 Å². The number of unbranched alkanes of at least 4 members (excludes halogenated alkanes) is 2. The molecule has 1 aliphatic heterocycles. The van der Waals surface area contributed by atoms with Gasteiger partial charge in [-0.1, -0.05) is 19.8 Å². The lowest BCUT2D eigenvalue weighted by molar-refractivity contribution is 0.157. The molecule has 0 aromatic rings. The van der Waals surface area contributed by atoms with Crippen molar-refractivity contribution in [3.05, 3.63) is 0 Å². The highest BCUT2D eigenvalue weighted by atomic mass is 16.6. The lowest BCUT2D eigenvalue weighted by Crippen LogP contribution is -2.31. The zero-order valence-corrected chi connectivity index (χ0v) is 7.88. The summed E-state index contributed by atoms with van der Waals surface area (Å²) < 4.78 is 4.90. The highest BCUT2D eigenvalue weighted by Crippen LogP contribution is 2.12. The topological polar surface area (TPSA) is 29.5 Å². The van der Waals surface area contributed by atoms with Gasteiger partial charge in [0.15, 0.2) is 0 Å². The first kappa shape index (κ1) is 9.36. The van der Waals surface area contributed by atoms with E-state index in [-0.39, 0.29) is 12.1 Å². The van der Waals surface area contributed by atoms with Gasteiger partial charge in [-0.25, -0.2) is 4.79 Å². The second-order valence-electron chi connectivity index (χ2n) is 3.33. The minimum Gasteiger partial charge on any atom is -0.447 e. The molecule has 70 valence electrons. The molecule has 0 saturated carbocycles. The second kappa shape index (κ2) is 4.33. The molecule has 0 N–H and O–H groups in total. The maximum atomic E-state index is 11.1. The Morgan fingerprint density at radius 3 is 2.83 bits per heavy atom. The van der Waals surface area contributed by atoms with E-state index < -0.39 is 0 Å². The molecule has 0 aliphatic carbocycles. The summed E-state index contributed by atoms with van der Waals surface area (Å²) in [6.45, 7) is 5.60. The molecule has 0 unspecified atom stereocenters. The first-order valence-electron chi connectivity index (χ1n) is 4.69. The van der Waals surface area contributed by atoms with Gasteiger partial charge in [0.05, 0.1) is 6.04 Å². The van der Waals surface area contributed by atoms with Crippen LogP contribution in [0, 0.1) is 0 Å². The molecular weight excluding hydrogens is 154 g/mol. The third-order valence-electron chi connectivity index (χ3n) is 2.22. The number of hydrogen-bond acceptors (Lipinski definition) is 2. The molecule has 0 aromatic heterocycles. The molecule has 0 radical (unpaired) electrons. The molecular formula is C9H17NO2. The number of hydrogen-bond donors (Lipinski definition) is 0. The SMILES string of the molecule is CCCCCN1C(=O)OC[C@@H]1C. The van der Waals surface area contributed by atoms with Gasteiger partial charge in [-0.15, -0.1) is 0 Å². The zero-order valence-electron chi connectivity index (χ0n) is 7.88. The van der Waals surface area contributed by atoms with Crippen molar-refractivity contribution in [1.82, 2.24) is 4.90 Å². The van der Waals surface area contributed by atoms with Crippen LogP contribution in [-0.2, 0) is 4.74 Å². The predicted molar refractivity (Wildman–Crippen MR) is 47.0 cm³/mol. The van der Waals surface area contributed by atoms with E-state index in [9.17, 15) is 4.79 Å². The highest BCUT2D eigenvalue weighted by Gasteiger charge is 2.28. The van der Waals surface area contributed by atoms with Crippen LogP contribution in [0.1, 0.15) is 33.1 Å². The van der Waals surface area contributed by atoms with Gasteiger partial charge in [0.25, 0.3) is 0 Å². The maximum Gasteiger partial charge on any atom is 0.410 e. The van der Waals surface area contributed by atoms with Crippen molar-refractivity contribution in [3.63, 3.8) is 0 Å². The molecule has 0 spiro atoms. The van der Waals surface area contributed by atoms with E-state index in [1.54, 1.807) is 0 Å². The number of ether oxygens (including phenoxy) is 1. The molecule has 1 amide bonds. The van der Waals surface area contributed by atoms with Crippen LogP contribution in [0.2, 0.25) is 0 Å². The van der Waals surface area contributed by atoms with Crippen LogP contribution in [0.4, 0.5) is 4.79 Å². The number of cyclic esters (lactones) is 1. The van der Waals surface area contributed by atoms with E-state index in [1.165, 1.54) is 12.8 Å². The average Bonchev–Trinajstić information content (AvgIpc) is 2.35. The third kappa shape index (κ3) is 2.13. The zero-order chi connectivity index (χ0) is 8.97. The Balaban J connectivity index is 2.25. The number of carbonyl (C=O) groups is 1. The fraction of sp³-hybridized carbons (Fsp3) is 0.889. The van der Waals surface area contributed by atoms with Gasteiger partial charge < -0.3 is 9.64 Å². The van der Waals surface area contributed by atoms with Crippen molar-refractivity contribution >= 4 is 6.09 Å². The van der Waals surface area contributed by atoms with E-state index in [0.717, 1.165) is 13.0 Å². The lowest BCUT2D eigenvalue weighted by atomic mass is 10.2. The Labute approximate surface area is 73.7 Å². The Morgan fingerprint density at radius 2 is 2.33 bits per heavy atom. The summed E-state index contributed by atoms with van der Waals surface area (Å²) in [6, 6.07) is 0.273. The molecule has 1 saturated heterocycles. The molecule has 0 bridgehead atoms. The van der Waals surface area contributed by atoms with Crippen LogP contribution in [0.25, 0.3) is 0 Å². The summed E-state index contributed by atoms with van der Waals surface area (Å²) in [5, 5.41) is 0. The van der Waals surface area contributed by atoms with E-state index >= 15 is 0 Å². The predicted octanol–water partition coefficient (Wildman–Crippen LogP) is 2.02. The average molecular weight is 171 g/mol. The molecule has 3 nitrogen and oxygen atoms in total. The molecule has 1 aliphatic rings. The Kier molecular flexibility index (Phi) is 3.38. The minimum atomic E-state index is -0.140. The standard InChI is InChI=1S/C9H17NO2/c1-3-4-5-6-10-8(2)7-12-9(10)11/h8H,3-7H2,1-2H3/t8-/m0/s1. The van der Waals surface area contributed by atoms with Crippen molar-refractivity contribution in [2.75, 3.05) is 13.2 Å². The quantitative estimate of drug-likeness (QED) is 0.605. The van der Waals surface area contributed by atoms with Crippen LogP contribution in [0.3, 0.4) is 0 Å². The smallest absolute Gasteiger partial charge is 0.410 e. The van der Waals surface area contributed by atoms with Crippen LogP contribution in [0.5, 0.6) is 0 Å². The van der Waals surface area contributed by atoms with E-state index in [2.05, 4.69) is 6.92 Å². The van der Waals surface area contributed by atoms with Gasteiger partial charge in [0, 0.05) is 6.54 Å². The van der Waals surface area contributed by atoms with Gasteiger partial charge >= 0.3 is 6.09 Å². The number of rotatable bonds is 4. The summed E-state index contributed by atoms with van der Waals surface area (Å²) in [6.07, 6.45) is 3.34.